The topological polar surface area (TPSA) is 237 Å². The number of carbonyl (C=O) groups is 4. The van der Waals surface area contributed by atoms with Gasteiger partial charge in [0.15, 0.2) is 12.2 Å². The number of allylic oxidation sites excluding steroid dienone is 28. The molecule has 0 amide bonds. The van der Waals surface area contributed by atoms with Crippen LogP contribution in [0.5, 0.6) is 0 Å². The highest BCUT2D eigenvalue weighted by molar-refractivity contribution is 7.47. The van der Waals surface area contributed by atoms with Crippen molar-refractivity contribution in [1.82, 2.24) is 0 Å². The van der Waals surface area contributed by atoms with Crippen molar-refractivity contribution in [3.63, 3.8) is 0 Å². The van der Waals surface area contributed by atoms with Crippen LogP contribution in [0, 0.1) is 0 Å². The molecule has 0 radical (unpaired) electrons. The maximum Gasteiger partial charge on any atom is 0.472 e. The van der Waals surface area contributed by atoms with Crippen molar-refractivity contribution in [2.75, 3.05) is 39.6 Å². The Hall–Kier alpha value is -5.58. The minimum absolute atomic E-state index is 0.0259. The quantitative estimate of drug-likeness (QED) is 0.0169. The van der Waals surface area contributed by atoms with Crippen molar-refractivity contribution in [3.8, 4) is 0 Å². The van der Waals surface area contributed by atoms with Gasteiger partial charge in [0.2, 0.25) is 0 Å². The predicted molar refractivity (Wildman–Crippen MR) is 426 cm³/mol. The summed E-state index contributed by atoms with van der Waals surface area (Å²) in [6.07, 6.45) is 89.2. The lowest BCUT2D eigenvalue weighted by atomic mass is 10.1. The van der Waals surface area contributed by atoms with Crippen molar-refractivity contribution in [2.45, 2.75) is 303 Å². The van der Waals surface area contributed by atoms with Gasteiger partial charge in [0, 0.05) is 25.7 Å². The fraction of sp³-hybridized carbons (Fsp3) is 0.624. The lowest BCUT2D eigenvalue weighted by Gasteiger charge is -2.21. The normalized spacial score (nSPS) is 14.8. The first-order valence-corrected chi connectivity index (χ1v) is 42.4. The first-order chi connectivity index (χ1) is 50.7. The van der Waals surface area contributed by atoms with E-state index in [9.17, 15) is 43.2 Å². The number of ether oxygens (including phenoxy) is 4. The Morgan fingerprint density at radius 3 is 0.837 bits per heavy atom. The summed E-state index contributed by atoms with van der Waals surface area (Å²) in [5.74, 6) is -2.34. The Labute approximate surface area is 629 Å². The predicted octanol–water partition coefficient (Wildman–Crippen LogP) is 23.0. The van der Waals surface area contributed by atoms with Crippen LogP contribution in [0.3, 0.4) is 0 Å². The van der Waals surface area contributed by atoms with Crippen LogP contribution in [0.4, 0.5) is 0 Å². The molecule has 0 saturated heterocycles. The molecule has 0 bridgehead atoms. The van der Waals surface area contributed by atoms with Crippen LogP contribution in [0.15, 0.2) is 170 Å². The third-order valence-corrected chi connectivity index (χ3v) is 17.6. The molecule has 17 nitrogen and oxygen atoms in total. The molecule has 0 aliphatic rings. The minimum Gasteiger partial charge on any atom is -0.462 e. The number of hydrogen-bond donors (Lipinski definition) is 3. The maximum absolute atomic E-state index is 13.1. The second-order valence-corrected chi connectivity index (χ2v) is 28.4. The van der Waals surface area contributed by atoms with Gasteiger partial charge in [-0.1, -0.05) is 268 Å². The monoisotopic (exact) mass is 1490 g/mol. The van der Waals surface area contributed by atoms with Crippen LogP contribution in [0.2, 0.25) is 0 Å². The molecule has 0 aromatic carbocycles. The van der Waals surface area contributed by atoms with E-state index in [4.69, 9.17) is 37.0 Å². The molecule has 0 aromatic heterocycles. The van der Waals surface area contributed by atoms with E-state index < -0.39 is 97.5 Å². The van der Waals surface area contributed by atoms with E-state index in [2.05, 4.69) is 180 Å². The summed E-state index contributed by atoms with van der Waals surface area (Å²) < 4.78 is 68.5. The lowest BCUT2D eigenvalue weighted by Crippen LogP contribution is -2.30. The minimum atomic E-state index is -5.01. The van der Waals surface area contributed by atoms with Crippen molar-refractivity contribution in [2.24, 2.45) is 0 Å². The van der Waals surface area contributed by atoms with Gasteiger partial charge < -0.3 is 33.8 Å². The number of rotatable bonds is 72. The highest BCUT2D eigenvalue weighted by atomic mass is 31.2. The SMILES string of the molecule is CC/C=C\C/C=C\C/C=C\C/C=C\C/C=C\C/C=C\CCC(=O)OCC(COP(=O)(O)OCC(O)COP(=O)(O)OCC(COC(=O)CCCCCC/C=C\C/C=C\C/C=C\C/C=C\CC)OC(=O)CCCCCCC/C=C\CCCCCC)OC(=O)CCCCCCC/C=C\C/C=C\C/C=C\CC. The van der Waals surface area contributed by atoms with Gasteiger partial charge in [0.25, 0.3) is 0 Å². The number of unbranched alkanes of at least 4 members (excludes halogenated alkanes) is 18. The number of phosphoric acid groups is 2. The van der Waals surface area contributed by atoms with E-state index in [0.29, 0.717) is 32.1 Å². The summed E-state index contributed by atoms with van der Waals surface area (Å²) in [6, 6.07) is 0. The smallest absolute Gasteiger partial charge is 0.462 e. The second kappa shape index (κ2) is 75.6. The van der Waals surface area contributed by atoms with Crippen LogP contribution in [-0.2, 0) is 65.4 Å². The van der Waals surface area contributed by atoms with Crippen molar-refractivity contribution in [1.29, 1.82) is 0 Å². The molecule has 0 heterocycles. The average molecular weight is 1490 g/mol. The Kier molecular flexibility index (Phi) is 71.6. The zero-order valence-corrected chi connectivity index (χ0v) is 66.2. The van der Waals surface area contributed by atoms with Crippen LogP contribution in [0.1, 0.15) is 285 Å². The molecule has 5 unspecified atom stereocenters. The number of hydrogen-bond acceptors (Lipinski definition) is 15. The van der Waals surface area contributed by atoms with Crippen molar-refractivity contribution >= 4 is 39.5 Å². The number of aliphatic hydroxyl groups excluding tert-OH is 1. The van der Waals surface area contributed by atoms with Gasteiger partial charge >= 0.3 is 39.5 Å². The zero-order chi connectivity index (χ0) is 76.0. The summed E-state index contributed by atoms with van der Waals surface area (Å²) in [5, 5.41) is 10.6. The highest BCUT2D eigenvalue weighted by Crippen LogP contribution is 2.45. The van der Waals surface area contributed by atoms with Crippen molar-refractivity contribution < 1.29 is 80.2 Å². The van der Waals surface area contributed by atoms with Crippen LogP contribution in [0.25, 0.3) is 0 Å². The molecule has 0 aliphatic carbocycles. The van der Waals surface area contributed by atoms with Gasteiger partial charge in [-0.25, -0.2) is 9.13 Å². The number of aliphatic hydroxyl groups is 1. The molecule has 590 valence electrons. The molecule has 19 heteroatoms. The Balaban J connectivity index is 5.47. The number of esters is 4. The summed E-state index contributed by atoms with van der Waals surface area (Å²) >= 11 is 0. The summed E-state index contributed by atoms with van der Waals surface area (Å²) in [4.78, 5) is 73.0. The van der Waals surface area contributed by atoms with E-state index in [1.165, 1.54) is 25.7 Å². The van der Waals surface area contributed by atoms with Gasteiger partial charge in [0.05, 0.1) is 26.4 Å². The third-order valence-electron chi connectivity index (χ3n) is 15.7. The fourth-order valence-corrected chi connectivity index (χ4v) is 11.4. The van der Waals surface area contributed by atoms with Gasteiger partial charge in [-0.15, -0.1) is 0 Å². The van der Waals surface area contributed by atoms with E-state index in [0.717, 1.165) is 173 Å². The van der Waals surface area contributed by atoms with Gasteiger partial charge in [-0.05, 0) is 161 Å². The van der Waals surface area contributed by atoms with E-state index in [1.54, 1.807) is 0 Å². The molecule has 5 atom stereocenters. The summed E-state index contributed by atoms with van der Waals surface area (Å²) in [7, 11) is -10.0. The number of phosphoric ester groups is 2. The summed E-state index contributed by atoms with van der Waals surface area (Å²) in [5.41, 5.74) is 0. The Bertz CT molecular complexity index is 2640. The maximum atomic E-state index is 13.1. The van der Waals surface area contributed by atoms with E-state index in [-0.39, 0.29) is 25.7 Å². The van der Waals surface area contributed by atoms with Crippen LogP contribution >= 0.6 is 15.6 Å². The van der Waals surface area contributed by atoms with Crippen LogP contribution < -0.4 is 0 Å². The fourth-order valence-electron chi connectivity index (χ4n) is 9.77. The number of carbonyl (C=O) groups excluding carboxylic acids is 4. The van der Waals surface area contributed by atoms with Crippen LogP contribution in [-0.4, -0.2) is 96.7 Å². The first-order valence-electron chi connectivity index (χ1n) is 39.4. The molecule has 3 N–H and O–H groups in total. The molecule has 0 rings (SSSR count). The summed E-state index contributed by atoms with van der Waals surface area (Å²) in [6.45, 7) is 4.36. The first kappa shape index (κ1) is 98.4. The van der Waals surface area contributed by atoms with Gasteiger partial charge in [0.1, 0.15) is 19.3 Å². The van der Waals surface area contributed by atoms with E-state index >= 15 is 0 Å². The van der Waals surface area contributed by atoms with Crippen molar-refractivity contribution in [3.05, 3.63) is 170 Å². The molecule has 104 heavy (non-hydrogen) atoms. The average Bonchev–Trinajstić information content (AvgIpc) is 0.911. The largest absolute Gasteiger partial charge is 0.472 e. The highest BCUT2D eigenvalue weighted by Gasteiger charge is 2.30. The second-order valence-electron chi connectivity index (χ2n) is 25.5. The lowest BCUT2D eigenvalue weighted by molar-refractivity contribution is -0.161. The molecule has 0 saturated carbocycles. The zero-order valence-electron chi connectivity index (χ0n) is 64.4. The Morgan fingerprint density at radius 2 is 0.519 bits per heavy atom. The molecule has 0 aliphatic heterocycles. The molecule has 0 aromatic rings. The Morgan fingerprint density at radius 1 is 0.279 bits per heavy atom. The van der Waals surface area contributed by atoms with Gasteiger partial charge in [-0.3, -0.25) is 37.3 Å². The molecule has 0 spiro atoms. The molecular weight excluding hydrogens is 1350 g/mol. The van der Waals surface area contributed by atoms with Gasteiger partial charge in [-0.2, -0.15) is 0 Å². The molecular formula is C85H138O17P2. The molecule has 0 fully saturated rings. The third kappa shape index (κ3) is 74.7. The standard InChI is InChI=1S/C85H138O17P2/c1-5-9-13-17-21-25-29-33-36-38-39-41-44-47-50-54-58-62-66-70-83(88)96-76-81(102-85(90)72-68-64-60-56-52-48-42-35-31-27-23-19-15-11-7-3)78-100-104(93,94)98-74-79(86)73-97-103(91,92)99-77-80(101-84(89)71-67-63-59-55-51-45-32-28-24-20-16-12-8-4)75-95-82(87)69-65-61-57-53-49-46-43-40-37-34-30-26-22-18-14-10-6-2/h9-11,13-15,21-23,25-28,32-37,39,41-43,46-47,50,58,62,79-81,86H,5-8,12,16-20,24,29-31,38,40,44-45,48-49,51-57,59-61,63-78H2,1-4H3,(H,91,92)(H,93,94)/b13-9-,14-10-,15-11-,25-21-,26-22-,27-23-,32-28-,36-33-,37-34-,41-39-,42-35-,46-43-,50-47-,62-58-. The van der Waals surface area contributed by atoms with E-state index in [1.807, 2.05) is 18.2 Å².